The van der Waals surface area contributed by atoms with Crippen LogP contribution in [0.3, 0.4) is 0 Å². The second kappa shape index (κ2) is 6.84. The molecule has 0 spiro atoms. The van der Waals surface area contributed by atoms with Crippen molar-refractivity contribution in [3.05, 3.63) is 46.2 Å². The van der Waals surface area contributed by atoms with Crippen molar-refractivity contribution in [2.24, 2.45) is 0 Å². The van der Waals surface area contributed by atoms with E-state index in [4.69, 9.17) is 0 Å². The molecule has 0 atom stereocenters. The van der Waals surface area contributed by atoms with E-state index in [0.29, 0.717) is 10.0 Å². The van der Waals surface area contributed by atoms with Crippen molar-refractivity contribution in [1.82, 2.24) is 20.8 Å². The molecule has 2 amide bonds. The van der Waals surface area contributed by atoms with Gasteiger partial charge in [0.05, 0.1) is 21.7 Å². The van der Waals surface area contributed by atoms with Gasteiger partial charge in [0.2, 0.25) is 5.91 Å². The number of carbonyl (C=O) groups excluding carboxylic acids is 2. The molecule has 2 heterocycles. The van der Waals surface area contributed by atoms with E-state index >= 15 is 0 Å². The molecule has 8 heteroatoms. The Morgan fingerprint density at radius 3 is 2.96 bits per heavy atom. The van der Waals surface area contributed by atoms with Crippen LogP contribution in [0.2, 0.25) is 0 Å². The van der Waals surface area contributed by atoms with Gasteiger partial charge in [-0.15, -0.1) is 11.3 Å². The first-order chi connectivity index (χ1) is 11.1. The van der Waals surface area contributed by atoms with Gasteiger partial charge in [0, 0.05) is 0 Å². The highest BCUT2D eigenvalue weighted by molar-refractivity contribution is 7.99. The van der Waals surface area contributed by atoms with Crippen LogP contribution in [-0.4, -0.2) is 27.5 Å². The fourth-order valence-electron chi connectivity index (χ4n) is 1.93. The molecule has 3 aromatic rings. The van der Waals surface area contributed by atoms with Gasteiger partial charge in [-0.25, -0.2) is 4.98 Å². The van der Waals surface area contributed by atoms with Gasteiger partial charge in [0.15, 0.2) is 5.16 Å². The second-order valence-electron chi connectivity index (χ2n) is 4.83. The molecule has 1 aromatic carbocycles. The molecular weight excluding hydrogens is 332 g/mol. The number of aromatic amines is 1. The molecule has 23 heavy (non-hydrogen) atoms. The summed E-state index contributed by atoms with van der Waals surface area (Å²) >= 11 is 2.59. The lowest BCUT2D eigenvalue weighted by Gasteiger charge is -2.05. The van der Waals surface area contributed by atoms with Crippen LogP contribution in [0.1, 0.15) is 15.2 Å². The Balaban J connectivity index is 1.51. The van der Waals surface area contributed by atoms with Crippen molar-refractivity contribution in [3.63, 3.8) is 0 Å². The van der Waals surface area contributed by atoms with Crippen LogP contribution in [0.25, 0.3) is 11.0 Å². The third-order valence-electron chi connectivity index (χ3n) is 3.02. The maximum Gasteiger partial charge on any atom is 0.279 e. The lowest BCUT2D eigenvalue weighted by molar-refractivity contribution is -0.119. The zero-order chi connectivity index (χ0) is 16.2. The van der Waals surface area contributed by atoms with Gasteiger partial charge in [-0.05, 0) is 36.1 Å². The van der Waals surface area contributed by atoms with Crippen LogP contribution in [0.4, 0.5) is 0 Å². The number of benzene rings is 1. The number of aryl methyl sites for hydroxylation is 1. The molecular formula is C15H14N4O2S2. The molecule has 0 bridgehead atoms. The van der Waals surface area contributed by atoms with Crippen molar-refractivity contribution >= 4 is 45.9 Å². The van der Waals surface area contributed by atoms with Gasteiger partial charge in [-0.2, -0.15) is 0 Å². The van der Waals surface area contributed by atoms with Gasteiger partial charge < -0.3 is 4.98 Å². The number of rotatable bonds is 4. The van der Waals surface area contributed by atoms with E-state index in [-0.39, 0.29) is 17.6 Å². The standard InChI is InChI=1S/C15H14N4O2S2/c1-9-4-5-10-11(7-9)17-15(16-10)23-8-13(20)18-19-14(21)12-3-2-6-22-12/h2-7H,8H2,1H3,(H,16,17)(H,18,20)(H,19,21). The van der Waals surface area contributed by atoms with Crippen molar-refractivity contribution in [2.45, 2.75) is 12.1 Å². The molecule has 3 N–H and O–H groups in total. The lowest BCUT2D eigenvalue weighted by atomic mass is 10.2. The van der Waals surface area contributed by atoms with Crippen molar-refractivity contribution in [1.29, 1.82) is 0 Å². The minimum atomic E-state index is -0.322. The number of hydrogen-bond acceptors (Lipinski definition) is 5. The van der Waals surface area contributed by atoms with E-state index in [1.165, 1.54) is 23.1 Å². The number of hydrogen-bond donors (Lipinski definition) is 3. The van der Waals surface area contributed by atoms with Crippen LogP contribution in [0.5, 0.6) is 0 Å². The number of aromatic nitrogens is 2. The summed E-state index contributed by atoms with van der Waals surface area (Å²) in [4.78, 5) is 31.6. The van der Waals surface area contributed by atoms with Gasteiger partial charge in [0.25, 0.3) is 5.91 Å². The number of thioether (sulfide) groups is 1. The number of imidazole rings is 1. The van der Waals surface area contributed by atoms with Crippen LogP contribution in [0, 0.1) is 6.92 Å². The number of fused-ring (bicyclic) bond motifs is 1. The van der Waals surface area contributed by atoms with Gasteiger partial charge >= 0.3 is 0 Å². The number of amides is 2. The first-order valence-corrected chi connectivity index (χ1v) is 8.70. The zero-order valence-corrected chi connectivity index (χ0v) is 13.9. The lowest BCUT2D eigenvalue weighted by Crippen LogP contribution is -2.42. The predicted octanol–water partition coefficient (Wildman–Crippen LogP) is 2.49. The summed E-state index contributed by atoms with van der Waals surface area (Å²) in [6, 6.07) is 9.41. The van der Waals surface area contributed by atoms with Gasteiger partial charge in [-0.3, -0.25) is 20.4 Å². The molecule has 6 nitrogen and oxygen atoms in total. The van der Waals surface area contributed by atoms with E-state index in [1.807, 2.05) is 25.1 Å². The molecule has 0 unspecified atom stereocenters. The van der Waals surface area contributed by atoms with Crippen molar-refractivity contribution < 1.29 is 9.59 Å². The molecule has 118 valence electrons. The number of thiophene rings is 1. The van der Waals surface area contributed by atoms with Crippen LogP contribution in [0.15, 0.2) is 40.9 Å². The molecule has 0 saturated heterocycles. The molecule has 0 radical (unpaired) electrons. The maximum absolute atomic E-state index is 11.8. The molecule has 0 aliphatic heterocycles. The summed E-state index contributed by atoms with van der Waals surface area (Å²) in [6.45, 7) is 2.01. The van der Waals surface area contributed by atoms with Crippen molar-refractivity contribution in [2.75, 3.05) is 5.75 Å². The average Bonchev–Trinajstić information content (AvgIpc) is 3.19. The number of carbonyl (C=O) groups is 2. The highest BCUT2D eigenvalue weighted by atomic mass is 32.2. The third kappa shape index (κ3) is 3.91. The van der Waals surface area contributed by atoms with E-state index < -0.39 is 0 Å². The Morgan fingerprint density at radius 2 is 2.17 bits per heavy atom. The molecule has 0 aliphatic carbocycles. The number of nitrogens with zero attached hydrogens (tertiary/aromatic N) is 1. The fraction of sp³-hybridized carbons (Fsp3) is 0.133. The first-order valence-electron chi connectivity index (χ1n) is 6.84. The Bertz CT molecular complexity index is 842. The maximum atomic E-state index is 11.8. The molecule has 3 rings (SSSR count). The second-order valence-corrected chi connectivity index (χ2v) is 6.74. The monoisotopic (exact) mass is 346 g/mol. The molecule has 2 aromatic heterocycles. The first kappa shape index (κ1) is 15.6. The highest BCUT2D eigenvalue weighted by Crippen LogP contribution is 2.20. The van der Waals surface area contributed by atoms with Crippen LogP contribution < -0.4 is 10.9 Å². The largest absolute Gasteiger partial charge is 0.333 e. The summed E-state index contributed by atoms with van der Waals surface area (Å²) in [7, 11) is 0. The molecule has 0 aliphatic rings. The zero-order valence-electron chi connectivity index (χ0n) is 12.3. The Morgan fingerprint density at radius 1 is 1.30 bits per heavy atom. The van der Waals surface area contributed by atoms with Crippen molar-refractivity contribution in [3.8, 4) is 0 Å². The smallest absolute Gasteiger partial charge is 0.279 e. The SMILES string of the molecule is Cc1ccc2nc(SCC(=O)NNC(=O)c3cccs3)[nH]c2c1. The van der Waals surface area contributed by atoms with Gasteiger partial charge in [-0.1, -0.05) is 23.9 Å². The van der Waals surface area contributed by atoms with E-state index in [1.54, 1.807) is 17.5 Å². The highest BCUT2D eigenvalue weighted by Gasteiger charge is 2.10. The predicted molar refractivity (Wildman–Crippen MR) is 91.5 cm³/mol. The summed E-state index contributed by atoms with van der Waals surface area (Å²) in [5.74, 6) is -0.460. The summed E-state index contributed by atoms with van der Waals surface area (Å²) in [5.41, 5.74) is 7.73. The molecule has 0 saturated carbocycles. The van der Waals surface area contributed by atoms with E-state index in [2.05, 4.69) is 20.8 Å². The normalized spacial score (nSPS) is 10.7. The quantitative estimate of drug-likeness (QED) is 0.500. The fourth-order valence-corrected chi connectivity index (χ4v) is 3.24. The number of nitrogens with one attached hydrogen (secondary N) is 3. The van der Waals surface area contributed by atoms with Gasteiger partial charge in [0.1, 0.15) is 0 Å². The summed E-state index contributed by atoms with van der Waals surface area (Å²) in [6.07, 6.45) is 0. The van der Waals surface area contributed by atoms with Crippen LogP contribution >= 0.6 is 23.1 Å². The molecule has 0 fully saturated rings. The number of H-pyrrole nitrogens is 1. The van der Waals surface area contributed by atoms with E-state index in [0.717, 1.165) is 16.6 Å². The Labute approximate surface area is 140 Å². The average molecular weight is 346 g/mol. The topological polar surface area (TPSA) is 86.9 Å². The Kier molecular flexibility index (Phi) is 4.63. The van der Waals surface area contributed by atoms with E-state index in [9.17, 15) is 9.59 Å². The minimum Gasteiger partial charge on any atom is -0.333 e. The third-order valence-corrected chi connectivity index (χ3v) is 4.76. The van der Waals surface area contributed by atoms with Crippen LogP contribution in [-0.2, 0) is 4.79 Å². The minimum absolute atomic E-state index is 0.156. The Hall–Kier alpha value is -2.32. The summed E-state index contributed by atoms with van der Waals surface area (Å²) in [5, 5.41) is 2.47. The number of hydrazine groups is 1. The summed E-state index contributed by atoms with van der Waals surface area (Å²) < 4.78 is 0.